The molecule has 0 aliphatic rings. The first-order valence-electron chi connectivity index (χ1n) is 4.73. The summed E-state index contributed by atoms with van der Waals surface area (Å²) in [5, 5.41) is 0.358. The third kappa shape index (κ3) is 19.7. The van der Waals surface area contributed by atoms with Crippen molar-refractivity contribution in [2.24, 2.45) is 0 Å². The summed E-state index contributed by atoms with van der Waals surface area (Å²) in [6.45, 7) is 2.22. The fourth-order valence-electron chi connectivity index (χ4n) is 0.596. The zero-order valence-electron chi connectivity index (χ0n) is 8.32. The van der Waals surface area contributed by atoms with Gasteiger partial charge < -0.3 is 0 Å². The third-order valence-corrected chi connectivity index (χ3v) is 3.57. The Morgan fingerprint density at radius 3 is 1.69 bits per heavy atom. The molecule has 0 saturated carbocycles. The summed E-state index contributed by atoms with van der Waals surface area (Å²) >= 11 is 16.1. The number of thiol groups is 4. The lowest BCUT2D eigenvalue weighted by molar-refractivity contribution is 0.707. The average molecular weight is 259 g/mol. The molecule has 0 radical (unpaired) electrons. The van der Waals surface area contributed by atoms with Gasteiger partial charge in [0, 0.05) is 16.8 Å². The molecule has 0 unspecified atom stereocenters. The van der Waals surface area contributed by atoms with Crippen LogP contribution in [0.1, 0.15) is 32.6 Å². The fourth-order valence-corrected chi connectivity index (χ4v) is 1.28. The highest BCUT2D eigenvalue weighted by atomic mass is 32.1. The van der Waals surface area contributed by atoms with Crippen LogP contribution in [-0.2, 0) is 0 Å². The quantitative estimate of drug-likeness (QED) is 0.406. The first-order valence-corrected chi connectivity index (χ1v) is 7.14. The SMILES string of the molecule is CCCCCCS.SCC(S)CS. The molecule has 4 heteroatoms. The summed E-state index contributed by atoms with van der Waals surface area (Å²) in [7, 11) is 0. The van der Waals surface area contributed by atoms with Gasteiger partial charge in [-0.2, -0.15) is 50.5 Å². The molecule has 0 aromatic rings. The Bertz CT molecular complexity index is 70.0. The highest BCUT2D eigenvalue weighted by Crippen LogP contribution is 1.98. The number of hydrogen-bond acceptors (Lipinski definition) is 4. The van der Waals surface area contributed by atoms with Gasteiger partial charge in [-0.3, -0.25) is 0 Å². The van der Waals surface area contributed by atoms with Gasteiger partial charge in [0.05, 0.1) is 0 Å². The maximum Gasteiger partial charge on any atom is 0.0193 e. The lowest BCUT2D eigenvalue weighted by Gasteiger charge is -1.96. The molecule has 0 aromatic heterocycles. The molecule has 0 aliphatic carbocycles. The topological polar surface area (TPSA) is 0 Å². The molecule has 0 N–H and O–H groups in total. The molecule has 0 spiro atoms. The Kier molecular flexibility index (Phi) is 20.5. The normalized spacial score (nSPS) is 9.69. The Morgan fingerprint density at radius 1 is 0.923 bits per heavy atom. The van der Waals surface area contributed by atoms with E-state index < -0.39 is 0 Å². The van der Waals surface area contributed by atoms with E-state index in [0.29, 0.717) is 5.25 Å². The lowest BCUT2D eigenvalue weighted by Crippen LogP contribution is -2.00. The molecule has 0 heterocycles. The van der Waals surface area contributed by atoms with Crippen LogP contribution in [0.25, 0.3) is 0 Å². The fraction of sp³-hybridized carbons (Fsp3) is 1.00. The summed E-state index contributed by atoms with van der Waals surface area (Å²) in [4.78, 5) is 0. The Morgan fingerprint density at radius 2 is 1.46 bits per heavy atom. The van der Waals surface area contributed by atoms with E-state index in [1.807, 2.05) is 0 Å². The van der Waals surface area contributed by atoms with Gasteiger partial charge in [0.2, 0.25) is 0 Å². The van der Waals surface area contributed by atoms with Crippen molar-refractivity contribution in [1.82, 2.24) is 0 Å². The van der Waals surface area contributed by atoms with Crippen molar-refractivity contribution in [2.75, 3.05) is 17.3 Å². The van der Waals surface area contributed by atoms with Crippen LogP contribution in [0.3, 0.4) is 0 Å². The minimum atomic E-state index is 0.358. The number of rotatable bonds is 6. The predicted octanol–water partition coefficient (Wildman–Crippen LogP) is 3.64. The van der Waals surface area contributed by atoms with Crippen LogP contribution in [-0.4, -0.2) is 22.5 Å². The van der Waals surface area contributed by atoms with E-state index >= 15 is 0 Å². The van der Waals surface area contributed by atoms with E-state index in [4.69, 9.17) is 0 Å². The van der Waals surface area contributed by atoms with Crippen molar-refractivity contribution >= 4 is 50.5 Å². The summed E-state index contributed by atoms with van der Waals surface area (Å²) in [5.74, 6) is 2.68. The van der Waals surface area contributed by atoms with Gasteiger partial charge in [-0.1, -0.05) is 26.2 Å². The molecular formula is C9H22S4. The number of hydrogen-bond donors (Lipinski definition) is 4. The molecule has 0 saturated heterocycles. The van der Waals surface area contributed by atoms with E-state index in [2.05, 4.69) is 57.4 Å². The van der Waals surface area contributed by atoms with E-state index in [9.17, 15) is 0 Å². The predicted molar refractivity (Wildman–Crippen MR) is 78.5 cm³/mol. The lowest BCUT2D eigenvalue weighted by atomic mass is 10.2. The van der Waals surface area contributed by atoms with Crippen molar-refractivity contribution in [3.05, 3.63) is 0 Å². The Labute approximate surface area is 105 Å². The molecule has 0 amide bonds. The zero-order valence-corrected chi connectivity index (χ0v) is 11.9. The van der Waals surface area contributed by atoms with Gasteiger partial charge in [-0.05, 0) is 12.2 Å². The summed E-state index contributed by atoms with van der Waals surface area (Å²) in [5.41, 5.74) is 0. The van der Waals surface area contributed by atoms with Gasteiger partial charge in [0.1, 0.15) is 0 Å². The van der Waals surface area contributed by atoms with Crippen molar-refractivity contribution in [3.8, 4) is 0 Å². The van der Waals surface area contributed by atoms with Gasteiger partial charge in [0.15, 0.2) is 0 Å². The maximum atomic E-state index is 4.09. The second-order valence-corrected chi connectivity index (χ2v) is 4.71. The van der Waals surface area contributed by atoms with Crippen LogP contribution in [0, 0.1) is 0 Å². The monoisotopic (exact) mass is 258 g/mol. The maximum absolute atomic E-state index is 4.09. The van der Waals surface area contributed by atoms with E-state index in [0.717, 1.165) is 17.3 Å². The summed E-state index contributed by atoms with van der Waals surface area (Å²) < 4.78 is 0. The standard InChI is InChI=1S/C6H14S.C3H8S3/c1-2-3-4-5-6-7;4-1-3(6)2-5/h7H,2-6H2,1H3;3-6H,1-2H2. The largest absolute Gasteiger partial charge is 0.179 e. The molecule has 0 aromatic carbocycles. The van der Waals surface area contributed by atoms with Crippen molar-refractivity contribution in [3.63, 3.8) is 0 Å². The number of unbranched alkanes of at least 4 members (excludes halogenated alkanes) is 3. The van der Waals surface area contributed by atoms with Crippen LogP contribution in [0.15, 0.2) is 0 Å². The molecule has 0 aliphatic heterocycles. The molecule has 82 valence electrons. The van der Waals surface area contributed by atoms with Crippen molar-refractivity contribution < 1.29 is 0 Å². The van der Waals surface area contributed by atoms with Crippen LogP contribution >= 0.6 is 50.5 Å². The molecule has 0 atom stereocenters. The second-order valence-electron chi connectivity index (χ2n) is 2.80. The Balaban J connectivity index is 0. The van der Waals surface area contributed by atoms with E-state index in [1.54, 1.807) is 0 Å². The summed E-state index contributed by atoms with van der Waals surface area (Å²) in [6.07, 6.45) is 5.35. The van der Waals surface area contributed by atoms with Crippen LogP contribution < -0.4 is 0 Å². The van der Waals surface area contributed by atoms with E-state index in [1.165, 1.54) is 25.7 Å². The second kappa shape index (κ2) is 15.9. The first kappa shape index (κ1) is 16.8. The third-order valence-electron chi connectivity index (χ3n) is 1.43. The minimum absolute atomic E-state index is 0.358. The molecule has 0 rings (SSSR count). The zero-order chi connectivity index (χ0) is 10.5. The van der Waals surface area contributed by atoms with Crippen LogP contribution in [0.4, 0.5) is 0 Å². The highest BCUT2D eigenvalue weighted by molar-refractivity contribution is 7.86. The van der Waals surface area contributed by atoms with E-state index in [-0.39, 0.29) is 0 Å². The van der Waals surface area contributed by atoms with Gasteiger partial charge in [0.25, 0.3) is 0 Å². The molecule has 0 nitrogen and oxygen atoms in total. The average Bonchev–Trinajstić information content (AvgIpc) is 2.18. The smallest absolute Gasteiger partial charge is 0.0193 e. The molecule has 13 heavy (non-hydrogen) atoms. The van der Waals surface area contributed by atoms with Crippen molar-refractivity contribution in [1.29, 1.82) is 0 Å². The minimum Gasteiger partial charge on any atom is -0.179 e. The van der Waals surface area contributed by atoms with Crippen molar-refractivity contribution in [2.45, 2.75) is 37.9 Å². The summed E-state index contributed by atoms with van der Waals surface area (Å²) in [6, 6.07) is 0. The van der Waals surface area contributed by atoms with Gasteiger partial charge in [-0.15, -0.1) is 0 Å². The van der Waals surface area contributed by atoms with Gasteiger partial charge in [-0.25, -0.2) is 0 Å². The van der Waals surface area contributed by atoms with Crippen LogP contribution in [0.5, 0.6) is 0 Å². The van der Waals surface area contributed by atoms with Crippen LogP contribution in [0.2, 0.25) is 0 Å². The van der Waals surface area contributed by atoms with Gasteiger partial charge >= 0.3 is 0 Å². The highest BCUT2D eigenvalue weighted by Gasteiger charge is 1.91. The molecule has 0 fully saturated rings. The molecular weight excluding hydrogens is 236 g/mol. The molecule has 0 bridgehead atoms. The first-order chi connectivity index (χ1) is 6.22. The Hall–Kier alpha value is 1.40.